The highest BCUT2D eigenvalue weighted by Gasteiger charge is 2.30. The van der Waals surface area contributed by atoms with Crippen molar-refractivity contribution in [2.45, 2.75) is 18.6 Å². The number of hydrogen-bond acceptors (Lipinski definition) is 2. The molecule has 0 spiro atoms. The molecule has 92 valence electrons. The molecule has 0 saturated heterocycles. The molecule has 6 heteroatoms. The zero-order chi connectivity index (χ0) is 11.5. The molecule has 0 radical (unpaired) electrons. The lowest BCUT2D eigenvalue weighted by Gasteiger charge is -2.12. The molecular formula is C10H13ClF3NO. The Morgan fingerprint density at radius 3 is 2.06 bits per heavy atom. The fourth-order valence-electron chi connectivity index (χ4n) is 1.23. The number of aliphatic hydroxyl groups is 1. The van der Waals surface area contributed by atoms with Gasteiger partial charge >= 0.3 is 6.18 Å². The Kier molecular flexibility index (Phi) is 5.78. The van der Waals surface area contributed by atoms with Gasteiger partial charge in [0.05, 0.1) is 5.56 Å². The molecule has 0 bridgehead atoms. The normalized spacial score (nSPS) is 13.1. The van der Waals surface area contributed by atoms with E-state index in [2.05, 4.69) is 0 Å². The zero-order valence-electron chi connectivity index (χ0n) is 8.37. The number of benzene rings is 1. The van der Waals surface area contributed by atoms with Crippen LogP contribution in [0.4, 0.5) is 13.2 Å². The predicted octanol–water partition coefficient (Wildman–Crippen LogP) is 2.51. The van der Waals surface area contributed by atoms with Crippen LogP contribution in [0.5, 0.6) is 0 Å². The maximum Gasteiger partial charge on any atom is 0.416 e. The molecule has 3 N–H and O–H groups in total. The van der Waals surface area contributed by atoms with Gasteiger partial charge in [-0.15, -0.1) is 12.4 Å². The summed E-state index contributed by atoms with van der Waals surface area (Å²) in [6.07, 6.45) is -3.98. The summed E-state index contributed by atoms with van der Waals surface area (Å²) < 4.78 is 36.6. The largest absolute Gasteiger partial charge is 0.416 e. The lowest BCUT2D eigenvalue weighted by Crippen LogP contribution is -2.12. The summed E-state index contributed by atoms with van der Waals surface area (Å²) in [5, 5.41) is 8.62. The summed E-state index contributed by atoms with van der Waals surface area (Å²) in [5.74, 6) is 0. The fraction of sp³-hybridized carbons (Fsp3) is 0.400. The van der Waals surface area contributed by atoms with E-state index in [0.29, 0.717) is 12.0 Å². The molecule has 1 rings (SSSR count). The second kappa shape index (κ2) is 6.08. The summed E-state index contributed by atoms with van der Waals surface area (Å²) in [7, 11) is 0. The van der Waals surface area contributed by atoms with E-state index < -0.39 is 17.8 Å². The number of alkyl halides is 3. The Balaban J connectivity index is 0.00000225. The first-order chi connectivity index (χ1) is 6.95. The van der Waals surface area contributed by atoms with Crippen LogP contribution in [0, 0.1) is 0 Å². The van der Waals surface area contributed by atoms with E-state index in [9.17, 15) is 13.2 Å². The van der Waals surface area contributed by atoms with Crippen molar-refractivity contribution in [2.75, 3.05) is 6.61 Å². The SMILES string of the molecule is Cl.N[C@H](CCO)c1ccc(C(F)(F)F)cc1. The maximum atomic E-state index is 12.2. The second-order valence-electron chi connectivity index (χ2n) is 3.24. The van der Waals surface area contributed by atoms with Gasteiger partial charge in [0.1, 0.15) is 0 Å². The van der Waals surface area contributed by atoms with Crippen molar-refractivity contribution < 1.29 is 18.3 Å². The first-order valence-corrected chi connectivity index (χ1v) is 4.48. The van der Waals surface area contributed by atoms with Gasteiger partial charge in [-0.2, -0.15) is 13.2 Å². The summed E-state index contributed by atoms with van der Waals surface area (Å²) in [6, 6.07) is 4.24. The highest BCUT2D eigenvalue weighted by atomic mass is 35.5. The average molecular weight is 256 g/mol. The van der Waals surface area contributed by atoms with Gasteiger partial charge in [-0.05, 0) is 24.1 Å². The quantitative estimate of drug-likeness (QED) is 0.872. The monoisotopic (exact) mass is 255 g/mol. The third-order valence-electron chi connectivity index (χ3n) is 2.11. The molecule has 0 saturated carbocycles. The standard InChI is InChI=1S/C10H12F3NO.ClH/c11-10(12,13)8-3-1-7(2-4-8)9(14)5-6-15;/h1-4,9,15H,5-6,14H2;1H/t9-;/m1./s1. The average Bonchev–Trinajstić information content (AvgIpc) is 2.17. The Morgan fingerprint density at radius 2 is 1.69 bits per heavy atom. The molecule has 16 heavy (non-hydrogen) atoms. The molecule has 2 nitrogen and oxygen atoms in total. The van der Waals surface area contributed by atoms with E-state index in [1.165, 1.54) is 12.1 Å². The summed E-state index contributed by atoms with van der Waals surface area (Å²) in [6.45, 7) is -0.0812. The minimum Gasteiger partial charge on any atom is -0.396 e. The van der Waals surface area contributed by atoms with E-state index in [-0.39, 0.29) is 19.0 Å². The van der Waals surface area contributed by atoms with Crippen LogP contribution in [-0.2, 0) is 6.18 Å². The molecule has 1 atom stereocenters. The molecule has 0 aliphatic carbocycles. The molecule has 0 aliphatic heterocycles. The van der Waals surface area contributed by atoms with Crippen LogP contribution in [-0.4, -0.2) is 11.7 Å². The maximum absolute atomic E-state index is 12.2. The van der Waals surface area contributed by atoms with E-state index in [4.69, 9.17) is 10.8 Å². The molecular weight excluding hydrogens is 243 g/mol. The number of nitrogens with two attached hydrogens (primary N) is 1. The third kappa shape index (κ3) is 4.00. The molecule has 0 aliphatic rings. The number of aliphatic hydroxyl groups excluding tert-OH is 1. The minimum absolute atomic E-state index is 0. The van der Waals surface area contributed by atoms with Crippen LogP contribution in [0.3, 0.4) is 0 Å². The van der Waals surface area contributed by atoms with Crippen LogP contribution in [0.15, 0.2) is 24.3 Å². The smallest absolute Gasteiger partial charge is 0.396 e. The number of rotatable bonds is 3. The highest BCUT2D eigenvalue weighted by Crippen LogP contribution is 2.29. The van der Waals surface area contributed by atoms with Crippen molar-refractivity contribution in [3.05, 3.63) is 35.4 Å². The zero-order valence-corrected chi connectivity index (χ0v) is 9.18. The van der Waals surface area contributed by atoms with Gasteiger partial charge in [0.2, 0.25) is 0 Å². The molecule has 0 amide bonds. The molecule has 1 aromatic rings. The van der Waals surface area contributed by atoms with E-state index >= 15 is 0 Å². The Bertz CT molecular complexity index is 313. The van der Waals surface area contributed by atoms with E-state index in [0.717, 1.165) is 12.1 Å². The third-order valence-corrected chi connectivity index (χ3v) is 2.11. The van der Waals surface area contributed by atoms with Gasteiger partial charge in [0, 0.05) is 12.6 Å². The van der Waals surface area contributed by atoms with Crippen molar-refractivity contribution >= 4 is 12.4 Å². The van der Waals surface area contributed by atoms with Crippen molar-refractivity contribution in [2.24, 2.45) is 5.73 Å². The van der Waals surface area contributed by atoms with Crippen molar-refractivity contribution in [1.82, 2.24) is 0 Å². The minimum atomic E-state index is -4.32. The van der Waals surface area contributed by atoms with Crippen LogP contribution < -0.4 is 5.73 Å². The van der Waals surface area contributed by atoms with Crippen LogP contribution in [0.1, 0.15) is 23.6 Å². The lowest BCUT2D eigenvalue weighted by atomic mass is 10.0. The predicted molar refractivity (Wildman–Crippen MR) is 57.3 cm³/mol. The van der Waals surface area contributed by atoms with Gasteiger partial charge < -0.3 is 10.8 Å². The fourth-order valence-corrected chi connectivity index (χ4v) is 1.23. The highest BCUT2D eigenvalue weighted by molar-refractivity contribution is 5.85. The summed E-state index contributed by atoms with van der Waals surface area (Å²) in [5.41, 5.74) is 5.53. The number of hydrogen-bond donors (Lipinski definition) is 2. The number of halogens is 4. The van der Waals surface area contributed by atoms with Crippen LogP contribution in [0.25, 0.3) is 0 Å². The first-order valence-electron chi connectivity index (χ1n) is 4.48. The van der Waals surface area contributed by atoms with E-state index in [1.54, 1.807) is 0 Å². The summed E-state index contributed by atoms with van der Waals surface area (Å²) >= 11 is 0. The topological polar surface area (TPSA) is 46.2 Å². The molecule has 1 aromatic carbocycles. The Morgan fingerprint density at radius 1 is 1.19 bits per heavy atom. The molecule has 0 heterocycles. The first kappa shape index (κ1) is 15.2. The van der Waals surface area contributed by atoms with Crippen molar-refractivity contribution in [3.63, 3.8) is 0 Å². The van der Waals surface area contributed by atoms with Crippen LogP contribution in [0.2, 0.25) is 0 Å². The summed E-state index contributed by atoms with van der Waals surface area (Å²) in [4.78, 5) is 0. The van der Waals surface area contributed by atoms with Crippen molar-refractivity contribution in [3.8, 4) is 0 Å². The van der Waals surface area contributed by atoms with Crippen LogP contribution >= 0.6 is 12.4 Å². The lowest BCUT2D eigenvalue weighted by molar-refractivity contribution is -0.137. The molecule has 0 aromatic heterocycles. The van der Waals surface area contributed by atoms with E-state index in [1.807, 2.05) is 0 Å². The van der Waals surface area contributed by atoms with Gasteiger partial charge in [-0.25, -0.2) is 0 Å². The Labute approximate surface area is 97.7 Å². The van der Waals surface area contributed by atoms with Gasteiger partial charge in [-0.3, -0.25) is 0 Å². The molecule has 0 fully saturated rings. The second-order valence-corrected chi connectivity index (χ2v) is 3.24. The van der Waals surface area contributed by atoms with Gasteiger partial charge in [0.25, 0.3) is 0 Å². The molecule has 0 unspecified atom stereocenters. The van der Waals surface area contributed by atoms with Crippen molar-refractivity contribution in [1.29, 1.82) is 0 Å². The Hall–Kier alpha value is -0.780. The van der Waals surface area contributed by atoms with Gasteiger partial charge in [-0.1, -0.05) is 12.1 Å². The van der Waals surface area contributed by atoms with Gasteiger partial charge in [0.15, 0.2) is 0 Å².